The summed E-state index contributed by atoms with van der Waals surface area (Å²) in [5, 5.41) is 0. The van der Waals surface area contributed by atoms with Crippen LogP contribution < -0.4 is 5.73 Å². The lowest BCUT2D eigenvalue weighted by atomic mass is 9.90. The molecule has 1 aromatic carbocycles. The van der Waals surface area contributed by atoms with Gasteiger partial charge in [0.25, 0.3) is 0 Å². The highest BCUT2D eigenvalue weighted by Gasteiger charge is 2.17. The summed E-state index contributed by atoms with van der Waals surface area (Å²) in [4.78, 5) is 0. The summed E-state index contributed by atoms with van der Waals surface area (Å²) in [6.07, 6.45) is 9.04. The third-order valence-corrected chi connectivity index (χ3v) is 4.12. The molecule has 2 rings (SSSR count). The molecule has 1 atom stereocenters. The van der Waals surface area contributed by atoms with Gasteiger partial charge in [0, 0.05) is 6.04 Å². The number of halogens is 2. The molecule has 0 bridgehead atoms. The van der Waals surface area contributed by atoms with Gasteiger partial charge in [0.2, 0.25) is 0 Å². The summed E-state index contributed by atoms with van der Waals surface area (Å²) >= 11 is 0. The van der Waals surface area contributed by atoms with Gasteiger partial charge in [-0.2, -0.15) is 0 Å². The number of benzene rings is 1. The van der Waals surface area contributed by atoms with Crippen molar-refractivity contribution < 1.29 is 8.78 Å². The first-order chi connectivity index (χ1) is 9.16. The molecule has 3 heteroatoms. The molecule has 1 nitrogen and oxygen atoms in total. The van der Waals surface area contributed by atoms with E-state index >= 15 is 0 Å². The molecule has 1 unspecified atom stereocenters. The second-order valence-corrected chi connectivity index (χ2v) is 5.77. The van der Waals surface area contributed by atoms with E-state index in [4.69, 9.17) is 5.73 Å². The van der Waals surface area contributed by atoms with E-state index in [1.165, 1.54) is 38.5 Å². The number of rotatable bonds is 4. The van der Waals surface area contributed by atoms with Gasteiger partial charge in [0.05, 0.1) is 0 Å². The molecule has 19 heavy (non-hydrogen) atoms. The van der Waals surface area contributed by atoms with Gasteiger partial charge in [-0.25, -0.2) is 8.78 Å². The Kier molecular flexibility index (Phi) is 5.32. The zero-order valence-electron chi connectivity index (χ0n) is 11.4. The second kappa shape index (κ2) is 6.99. The minimum atomic E-state index is -0.779. The van der Waals surface area contributed by atoms with Crippen LogP contribution in [0.25, 0.3) is 0 Å². The van der Waals surface area contributed by atoms with Crippen molar-refractivity contribution in [2.24, 2.45) is 11.7 Å². The highest BCUT2D eigenvalue weighted by atomic mass is 19.2. The molecule has 106 valence electrons. The molecule has 0 spiro atoms. The van der Waals surface area contributed by atoms with Crippen molar-refractivity contribution in [3.63, 3.8) is 0 Å². The lowest BCUT2D eigenvalue weighted by molar-refractivity contribution is 0.383. The summed E-state index contributed by atoms with van der Waals surface area (Å²) in [6.45, 7) is 0. The van der Waals surface area contributed by atoms with Crippen LogP contribution in [0.15, 0.2) is 18.2 Å². The molecule has 1 fully saturated rings. The monoisotopic (exact) mass is 267 g/mol. The zero-order chi connectivity index (χ0) is 13.7. The largest absolute Gasteiger partial charge is 0.327 e. The molecule has 0 aliphatic heterocycles. The van der Waals surface area contributed by atoms with Crippen molar-refractivity contribution in [3.8, 4) is 0 Å². The topological polar surface area (TPSA) is 26.0 Å². The standard InChI is InChI=1S/C16H23F2N/c17-15-9-5-8-13(16(15)18)11-14(19)10-12-6-3-1-2-4-7-12/h5,8-9,12,14H,1-4,6-7,10-11,19H2. The van der Waals surface area contributed by atoms with Crippen LogP contribution in [-0.2, 0) is 6.42 Å². The fraction of sp³-hybridized carbons (Fsp3) is 0.625. The highest BCUT2D eigenvalue weighted by molar-refractivity contribution is 5.19. The van der Waals surface area contributed by atoms with Crippen LogP contribution in [0.3, 0.4) is 0 Å². The van der Waals surface area contributed by atoms with Crippen LogP contribution in [0.1, 0.15) is 50.5 Å². The molecule has 1 aromatic rings. The summed E-state index contributed by atoms with van der Waals surface area (Å²) in [6, 6.07) is 4.26. The number of hydrogen-bond acceptors (Lipinski definition) is 1. The molecule has 0 saturated heterocycles. The molecule has 1 aliphatic carbocycles. The molecule has 0 heterocycles. The molecule has 0 amide bonds. The zero-order valence-corrected chi connectivity index (χ0v) is 11.4. The summed E-state index contributed by atoms with van der Waals surface area (Å²) < 4.78 is 26.7. The molecule has 0 aromatic heterocycles. The van der Waals surface area contributed by atoms with E-state index in [1.54, 1.807) is 12.1 Å². The predicted molar refractivity (Wildman–Crippen MR) is 73.8 cm³/mol. The average Bonchev–Trinajstić information content (AvgIpc) is 2.63. The Bertz CT molecular complexity index is 398. The van der Waals surface area contributed by atoms with Crippen molar-refractivity contribution in [1.29, 1.82) is 0 Å². The first kappa shape index (κ1) is 14.4. The lowest BCUT2D eigenvalue weighted by Crippen LogP contribution is -2.26. The first-order valence-corrected chi connectivity index (χ1v) is 7.35. The molecule has 1 saturated carbocycles. The fourth-order valence-corrected chi connectivity index (χ4v) is 3.10. The van der Waals surface area contributed by atoms with Crippen LogP contribution in [0, 0.1) is 17.6 Å². The van der Waals surface area contributed by atoms with E-state index in [1.807, 2.05) is 0 Å². The van der Waals surface area contributed by atoms with Gasteiger partial charge in [0.1, 0.15) is 0 Å². The Morgan fingerprint density at radius 3 is 2.47 bits per heavy atom. The van der Waals surface area contributed by atoms with Crippen LogP contribution >= 0.6 is 0 Å². The van der Waals surface area contributed by atoms with E-state index in [2.05, 4.69) is 0 Å². The Hall–Kier alpha value is -0.960. The van der Waals surface area contributed by atoms with Crippen LogP contribution in [0.4, 0.5) is 8.78 Å². The SMILES string of the molecule is NC(Cc1cccc(F)c1F)CC1CCCCCC1. The third-order valence-electron chi connectivity index (χ3n) is 4.12. The second-order valence-electron chi connectivity index (χ2n) is 5.77. The minimum absolute atomic E-state index is 0.0700. The van der Waals surface area contributed by atoms with E-state index in [9.17, 15) is 8.78 Å². The quantitative estimate of drug-likeness (QED) is 0.813. The predicted octanol–water partition coefficient (Wildman–Crippen LogP) is 4.20. The lowest BCUT2D eigenvalue weighted by Gasteiger charge is -2.19. The van der Waals surface area contributed by atoms with Gasteiger partial charge < -0.3 is 5.73 Å². The molecular formula is C16H23F2N. The summed E-state index contributed by atoms with van der Waals surface area (Å²) in [5.74, 6) is -0.855. The van der Waals surface area contributed by atoms with Gasteiger partial charge in [-0.1, -0.05) is 50.7 Å². The van der Waals surface area contributed by atoms with E-state index in [0.29, 0.717) is 17.9 Å². The highest BCUT2D eigenvalue weighted by Crippen LogP contribution is 2.27. The van der Waals surface area contributed by atoms with Gasteiger partial charge in [-0.3, -0.25) is 0 Å². The van der Waals surface area contributed by atoms with Crippen molar-refractivity contribution in [3.05, 3.63) is 35.4 Å². The van der Waals surface area contributed by atoms with Crippen LogP contribution in [0.5, 0.6) is 0 Å². The smallest absolute Gasteiger partial charge is 0.162 e. The number of nitrogens with two attached hydrogens (primary N) is 1. The maximum Gasteiger partial charge on any atom is 0.162 e. The number of hydrogen-bond donors (Lipinski definition) is 1. The van der Waals surface area contributed by atoms with E-state index in [0.717, 1.165) is 12.5 Å². The Balaban J connectivity index is 1.89. The fourth-order valence-electron chi connectivity index (χ4n) is 3.10. The maximum absolute atomic E-state index is 13.6. The van der Waals surface area contributed by atoms with Gasteiger partial charge in [0.15, 0.2) is 11.6 Å². The summed E-state index contributed by atoms with van der Waals surface area (Å²) in [7, 11) is 0. The van der Waals surface area contributed by atoms with Crippen molar-refractivity contribution in [2.45, 2.75) is 57.4 Å². The Labute approximate surface area is 114 Å². The minimum Gasteiger partial charge on any atom is -0.327 e. The van der Waals surface area contributed by atoms with Gasteiger partial charge in [-0.05, 0) is 30.4 Å². The van der Waals surface area contributed by atoms with Crippen LogP contribution in [-0.4, -0.2) is 6.04 Å². The molecule has 0 radical (unpaired) electrons. The van der Waals surface area contributed by atoms with Crippen LogP contribution in [0.2, 0.25) is 0 Å². The van der Waals surface area contributed by atoms with Crippen molar-refractivity contribution in [1.82, 2.24) is 0 Å². The van der Waals surface area contributed by atoms with Gasteiger partial charge in [-0.15, -0.1) is 0 Å². The average molecular weight is 267 g/mol. The van der Waals surface area contributed by atoms with Crippen molar-refractivity contribution in [2.75, 3.05) is 0 Å². The van der Waals surface area contributed by atoms with E-state index in [-0.39, 0.29) is 6.04 Å². The Morgan fingerprint density at radius 2 is 1.79 bits per heavy atom. The molecular weight excluding hydrogens is 244 g/mol. The summed E-state index contributed by atoms with van der Waals surface area (Å²) in [5.41, 5.74) is 6.52. The van der Waals surface area contributed by atoms with Gasteiger partial charge >= 0.3 is 0 Å². The maximum atomic E-state index is 13.6. The van der Waals surface area contributed by atoms with E-state index < -0.39 is 11.6 Å². The normalized spacial score (nSPS) is 19.1. The molecule has 1 aliphatic rings. The third kappa shape index (κ3) is 4.27. The van der Waals surface area contributed by atoms with Crippen molar-refractivity contribution >= 4 is 0 Å². The molecule has 2 N–H and O–H groups in total. The Morgan fingerprint density at radius 1 is 1.11 bits per heavy atom. The first-order valence-electron chi connectivity index (χ1n) is 7.35.